The summed E-state index contributed by atoms with van der Waals surface area (Å²) < 4.78 is 1.37. The van der Waals surface area contributed by atoms with Crippen LogP contribution >= 0.6 is 0 Å². The van der Waals surface area contributed by atoms with Gasteiger partial charge in [0, 0.05) is 17.0 Å². The van der Waals surface area contributed by atoms with Crippen LogP contribution in [0.3, 0.4) is 0 Å². The van der Waals surface area contributed by atoms with Crippen LogP contribution in [0.4, 0.5) is 0 Å². The molecule has 106 valence electrons. The van der Waals surface area contributed by atoms with Gasteiger partial charge in [0.15, 0.2) is 5.82 Å². The molecule has 0 radical (unpaired) electrons. The van der Waals surface area contributed by atoms with E-state index in [1.807, 2.05) is 0 Å². The predicted molar refractivity (Wildman–Crippen MR) is 67.3 cm³/mol. The van der Waals surface area contributed by atoms with E-state index in [1.54, 1.807) is 20.8 Å². The zero-order valence-corrected chi connectivity index (χ0v) is 11.3. The zero-order chi connectivity index (χ0) is 14.9. The van der Waals surface area contributed by atoms with Gasteiger partial charge in [0.05, 0.1) is 12.5 Å². The third kappa shape index (κ3) is 2.42. The molecule has 2 heterocycles. The van der Waals surface area contributed by atoms with Crippen molar-refractivity contribution < 1.29 is 9.90 Å². The van der Waals surface area contributed by atoms with E-state index in [1.165, 1.54) is 4.57 Å². The molecule has 20 heavy (non-hydrogen) atoms. The summed E-state index contributed by atoms with van der Waals surface area (Å²) in [6.45, 7) is 5.03. The summed E-state index contributed by atoms with van der Waals surface area (Å²) in [6, 6.07) is -0.484. The van der Waals surface area contributed by atoms with Crippen molar-refractivity contribution in [2.45, 2.75) is 33.2 Å². The van der Waals surface area contributed by atoms with Gasteiger partial charge in [-0.3, -0.25) is 9.36 Å². The van der Waals surface area contributed by atoms with E-state index in [-0.39, 0.29) is 6.42 Å². The highest BCUT2D eigenvalue weighted by Gasteiger charge is 2.20. The largest absolute Gasteiger partial charge is 0.481 e. The number of rotatable bonds is 4. The fraction of sp³-hybridized carbons (Fsp3) is 0.455. The van der Waals surface area contributed by atoms with E-state index >= 15 is 0 Å². The minimum Gasteiger partial charge on any atom is -0.481 e. The van der Waals surface area contributed by atoms with E-state index in [0.29, 0.717) is 22.8 Å². The first kappa shape index (κ1) is 13.8. The van der Waals surface area contributed by atoms with Crippen LogP contribution in [-0.2, 0) is 11.2 Å². The zero-order valence-electron chi connectivity index (χ0n) is 11.3. The lowest BCUT2D eigenvalue weighted by Crippen LogP contribution is -2.31. The van der Waals surface area contributed by atoms with Crippen molar-refractivity contribution in [3.63, 3.8) is 0 Å². The van der Waals surface area contributed by atoms with Crippen molar-refractivity contribution in [2.24, 2.45) is 0 Å². The number of carboxylic acid groups (broad SMARTS) is 1. The molecule has 2 rings (SSSR count). The van der Waals surface area contributed by atoms with Crippen molar-refractivity contribution in [3.05, 3.63) is 33.3 Å². The molecule has 9 nitrogen and oxygen atoms in total. The molecule has 2 aromatic rings. The molecule has 0 saturated heterocycles. The summed E-state index contributed by atoms with van der Waals surface area (Å²) in [5.41, 5.74) is 1.02. The van der Waals surface area contributed by atoms with Gasteiger partial charge in [0.25, 0.3) is 0 Å². The molecular weight excluding hydrogens is 264 g/mol. The maximum Gasteiger partial charge on any atom is 0.348 e. The Hall–Kier alpha value is -2.58. The molecule has 9 heteroatoms. The highest BCUT2D eigenvalue weighted by atomic mass is 16.4. The Kier molecular flexibility index (Phi) is 3.59. The normalized spacial score (nSPS) is 12.3. The van der Waals surface area contributed by atoms with Crippen LogP contribution in [0, 0.1) is 13.8 Å². The second-order valence-corrected chi connectivity index (χ2v) is 4.43. The van der Waals surface area contributed by atoms with Gasteiger partial charge >= 0.3 is 11.7 Å². The predicted octanol–water partition coefficient (Wildman–Crippen LogP) is -0.390. The fourth-order valence-electron chi connectivity index (χ4n) is 2.14. The summed E-state index contributed by atoms with van der Waals surface area (Å²) in [7, 11) is 0. The molecule has 0 fully saturated rings. The van der Waals surface area contributed by atoms with Gasteiger partial charge < -0.3 is 5.11 Å². The van der Waals surface area contributed by atoms with Gasteiger partial charge in [0.2, 0.25) is 0 Å². The monoisotopic (exact) mass is 278 g/mol. The van der Waals surface area contributed by atoms with Crippen LogP contribution in [0.2, 0.25) is 0 Å². The first-order valence-corrected chi connectivity index (χ1v) is 5.95. The van der Waals surface area contributed by atoms with Crippen LogP contribution in [0.1, 0.15) is 35.7 Å². The lowest BCUT2D eigenvalue weighted by atomic mass is 10.1. The highest BCUT2D eigenvalue weighted by molar-refractivity contribution is 5.70. The average molecular weight is 278 g/mol. The molecule has 0 aliphatic rings. The molecule has 2 N–H and O–H groups in total. The number of hydrogen-bond acceptors (Lipinski definition) is 6. The van der Waals surface area contributed by atoms with Gasteiger partial charge in [-0.2, -0.15) is 10.2 Å². The average Bonchev–Trinajstić information content (AvgIpc) is 2.87. The maximum atomic E-state index is 12.1. The SMILES string of the molecule is Cc1nc(=O)n(C(C)c2nn[nH]n2)c(C)c1CC(=O)O. The standard InChI is InChI=1S/C11H14N6O3/c1-5-8(4-9(18)19)6(2)17(11(20)12-5)7(3)10-13-15-16-14-10/h7H,4H2,1-3H3,(H,18,19)(H,13,14,15,16). The molecule has 0 saturated carbocycles. The van der Waals surface area contributed by atoms with E-state index < -0.39 is 17.7 Å². The molecule has 0 amide bonds. The first-order valence-electron chi connectivity index (χ1n) is 5.95. The number of aliphatic carboxylic acids is 1. The number of carboxylic acids is 1. The number of H-pyrrole nitrogens is 1. The van der Waals surface area contributed by atoms with Crippen LogP contribution < -0.4 is 5.69 Å². The minimum absolute atomic E-state index is 0.191. The van der Waals surface area contributed by atoms with Crippen LogP contribution in [-0.4, -0.2) is 41.3 Å². The first-order chi connectivity index (χ1) is 9.41. The third-order valence-corrected chi connectivity index (χ3v) is 3.15. The summed E-state index contributed by atoms with van der Waals surface area (Å²) in [4.78, 5) is 26.8. The highest BCUT2D eigenvalue weighted by Crippen LogP contribution is 2.17. The number of tetrazole rings is 1. The number of aromatic amines is 1. The Morgan fingerprint density at radius 2 is 2.15 bits per heavy atom. The van der Waals surface area contributed by atoms with Crippen LogP contribution in [0.25, 0.3) is 0 Å². The van der Waals surface area contributed by atoms with E-state index in [0.717, 1.165) is 0 Å². The van der Waals surface area contributed by atoms with E-state index in [4.69, 9.17) is 5.11 Å². The Morgan fingerprint density at radius 3 is 2.70 bits per heavy atom. The fourth-order valence-corrected chi connectivity index (χ4v) is 2.14. The molecular formula is C11H14N6O3. The van der Waals surface area contributed by atoms with E-state index in [2.05, 4.69) is 25.6 Å². The lowest BCUT2D eigenvalue weighted by molar-refractivity contribution is -0.136. The second kappa shape index (κ2) is 5.19. The van der Waals surface area contributed by atoms with Gasteiger partial charge in [-0.15, -0.1) is 10.2 Å². The summed E-state index contributed by atoms with van der Waals surface area (Å²) >= 11 is 0. The molecule has 2 aromatic heterocycles. The van der Waals surface area contributed by atoms with Gasteiger partial charge in [-0.1, -0.05) is 5.21 Å². The number of nitrogens with zero attached hydrogens (tertiary/aromatic N) is 5. The van der Waals surface area contributed by atoms with Gasteiger partial charge in [-0.05, 0) is 20.8 Å². The van der Waals surface area contributed by atoms with Crippen molar-refractivity contribution in [2.75, 3.05) is 0 Å². The Labute approximate surface area is 113 Å². The molecule has 0 aliphatic carbocycles. The molecule has 0 spiro atoms. The van der Waals surface area contributed by atoms with Crippen molar-refractivity contribution in [1.82, 2.24) is 30.2 Å². The lowest BCUT2D eigenvalue weighted by Gasteiger charge is -2.18. The Balaban J connectivity index is 2.58. The van der Waals surface area contributed by atoms with Crippen molar-refractivity contribution in [1.29, 1.82) is 0 Å². The minimum atomic E-state index is -0.976. The summed E-state index contributed by atoms with van der Waals surface area (Å²) in [6.07, 6.45) is -0.191. The second-order valence-electron chi connectivity index (χ2n) is 4.43. The Bertz CT molecular complexity index is 691. The smallest absolute Gasteiger partial charge is 0.348 e. The summed E-state index contributed by atoms with van der Waals surface area (Å²) in [5, 5.41) is 22.4. The number of aryl methyl sites for hydroxylation is 1. The molecule has 1 atom stereocenters. The quantitative estimate of drug-likeness (QED) is 0.779. The number of hydrogen-bond donors (Lipinski definition) is 2. The van der Waals surface area contributed by atoms with E-state index in [9.17, 15) is 9.59 Å². The maximum absolute atomic E-state index is 12.1. The summed E-state index contributed by atoms with van der Waals surface area (Å²) in [5.74, 6) is -0.641. The number of aromatic nitrogens is 6. The van der Waals surface area contributed by atoms with Gasteiger partial charge in [-0.25, -0.2) is 4.79 Å². The molecule has 0 bridgehead atoms. The van der Waals surface area contributed by atoms with Crippen LogP contribution in [0.5, 0.6) is 0 Å². The van der Waals surface area contributed by atoms with Crippen molar-refractivity contribution in [3.8, 4) is 0 Å². The van der Waals surface area contributed by atoms with Crippen LogP contribution in [0.15, 0.2) is 4.79 Å². The molecule has 1 unspecified atom stereocenters. The number of carbonyl (C=O) groups is 1. The van der Waals surface area contributed by atoms with Gasteiger partial charge in [0.1, 0.15) is 0 Å². The topological polar surface area (TPSA) is 127 Å². The molecule has 0 aliphatic heterocycles. The Morgan fingerprint density at radius 1 is 1.45 bits per heavy atom. The van der Waals surface area contributed by atoms with Crippen molar-refractivity contribution >= 4 is 5.97 Å². The number of nitrogens with one attached hydrogen (secondary N) is 1. The molecule has 0 aromatic carbocycles. The third-order valence-electron chi connectivity index (χ3n) is 3.15.